The van der Waals surface area contributed by atoms with Crippen LogP contribution < -0.4 is 11.1 Å². The molecule has 28 heavy (non-hydrogen) atoms. The van der Waals surface area contributed by atoms with Gasteiger partial charge in [-0.15, -0.1) is 0 Å². The lowest BCUT2D eigenvalue weighted by molar-refractivity contribution is -0.120. The molecule has 0 saturated heterocycles. The minimum absolute atomic E-state index is 0.0663. The highest BCUT2D eigenvalue weighted by Crippen LogP contribution is 2.29. The monoisotopic (exact) mass is 399 g/mol. The molecule has 150 valence electrons. The van der Waals surface area contributed by atoms with Crippen LogP contribution in [0.2, 0.25) is 0 Å². The van der Waals surface area contributed by atoms with E-state index in [-0.39, 0.29) is 5.91 Å². The number of fused-ring (bicyclic) bond motifs is 3. The average Bonchev–Trinajstić information content (AvgIpc) is 3.06. The van der Waals surface area contributed by atoms with Crippen LogP contribution in [-0.4, -0.2) is 32.7 Å². The van der Waals surface area contributed by atoms with E-state index in [2.05, 4.69) is 40.5 Å². The number of nitrogens with two attached hydrogens (primary N) is 1. The first kappa shape index (κ1) is 20.5. The summed E-state index contributed by atoms with van der Waals surface area (Å²) >= 11 is 4.09. The van der Waals surface area contributed by atoms with E-state index in [4.69, 9.17) is 10.7 Å². The summed E-state index contributed by atoms with van der Waals surface area (Å²) in [5.41, 5.74) is 9.00. The lowest BCUT2D eigenvalue weighted by Crippen LogP contribution is -2.24. The zero-order chi connectivity index (χ0) is 19.9. The van der Waals surface area contributed by atoms with Gasteiger partial charge in [-0.2, -0.15) is 12.6 Å². The van der Waals surface area contributed by atoms with Crippen LogP contribution in [0.4, 0.5) is 5.82 Å². The maximum atomic E-state index is 11.6. The summed E-state index contributed by atoms with van der Waals surface area (Å²) in [5.74, 6) is 2.21. The number of benzene rings is 1. The van der Waals surface area contributed by atoms with Crippen molar-refractivity contribution in [2.24, 2.45) is 0 Å². The Balaban J connectivity index is 1.85. The second-order valence-corrected chi connectivity index (χ2v) is 7.47. The van der Waals surface area contributed by atoms with Crippen LogP contribution in [-0.2, 0) is 17.8 Å². The zero-order valence-electron chi connectivity index (χ0n) is 16.4. The van der Waals surface area contributed by atoms with Crippen molar-refractivity contribution in [3.63, 3.8) is 0 Å². The quantitative estimate of drug-likeness (QED) is 0.358. The Morgan fingerprint density at radius 1 is 1.21 bits per heavy atom. The van der Waals surface area contributed by atoms with Gasteiger partial charge < -0.3 is 15.6 Å². The van der Waals surface area contributed by atoms with Gasteiger partial charge in [-0.25, -0.2) is 9.97 Å². The molecule has 2 aromatic heterocycles. The van der Waals surface area contributed by atoms with Gasteiger partial charge in [0.1, 0.15) is 11.3 Å². The molecule has 1 amide bonds. The van der Waals surface area contributed by atoms with Gasteiger partial charge >= 0.3 is 0 Å². The van der Waals surface area contributed by atoms with Crippen LogP contribution in [0.3, 0.4) is 0 Å². The van der Waals surface area contributed by atoms with Crippen molar-refractivity contribution in [3.8, 4) is 0 Å². The Kier molecular flexibility index (Phi) is 7.14. The normalized spacial score (nSPS) is 11.4. The molecule has 0 bridgehead atoms. The Labute approximate surface area is 171 Å². The number of rotatable bonds is 10. The predicted octanol–water partition coefficient (Wildman–Crippen LogP) is 3.73. The van der Waals surface area contributed by atoms with Crippen molar-refractivity contribution < 1.29 is 4.79 Å². The van der Waals surface area contributed by atoms with Gasteiger partial charge in [-0.3, -0.25) is 4.79 Å². The highest BCUT2D eigenvalue weighted by Gasteiger charge is 2.16. The van der Waals surface area contributed by atoms with Gasteiger partial charge in [-0.05, 0) is 31.1 Å². The third-order valence-electron chi connectivity index (χ3n) is 4.91. The van der Waals surface area contributed by atoms with Crippen molar-refractivity contribution in [2.75, 3.05) is 18.0 Å². The van der Waals surface area contributed by atoms with Crippen LogP contribution in [0, 0.1) is 0 Å². The van der Waals surface area contributed by atoms with Crippen molar-refractivity contribution in [3.05, 3.63) is 30.1 Å². The Hall–Kier alpha value is -2.28. The maximum Gasteiger partial charge on any atom is 0.220 e. The van der Waals surface area contributed by atoms with Crippen molar-refractivity contribution in [1.82, 2.24) is 19.9 Å². The largest absolute Gasteiger partial charge is 0.382 e. The lowest BCUT2D eigenvalue weighted by Gasteiger charge is -2.11. The number of carbonyl (C=O) groups is 1. The van der Waals surface area contributed by atoms with E-state index in [9.17, 15) is 4.79 Å². The molecule has 0 aliphatic heterocycles. The van der Waals surface area contributed by atoms with E-state index in [0.717, 1.165) is 66.4 Å². The van der Waals surface area contributed by atoms with E-state index in [1.165, 1.54) is 0 Å². The number of para-hydroxylation sites is 1. The number of thiol groups is 1. The predicted molar refractivity (Wildman–Crippen MR) is 119 cm³/mol. The molecule has 0 fully saturated rings. The molecule has 3 aromatic rings. The molecule has 0 saturated carbocycles. The first-order valence-corrected chi connectivity index (χ1v) is 10.7. The van der Waals surface area contributed by atoms with E-state index in [0.29, 0.717) is 24.5 Å². The van der Waals surface area contributed by atoms with Gasteiger partial charge in [0, 0.05) is 31.3 Å². The number of anilines is 1. The topological polar surface area (TPSA) is 85.8 Å². The zero-order valence-corrected chi connectivity index (χ0v) is 17.3. The highest BCUT2D eigenvalue weighted by atomic mass is 32.1. The number of nitrogens with one attached hydrogen (secondary N) is 1. The molecule has 3 rings (SSSR count). The number of pyridine rings is 1. The minimum atomic E-state index is 0.0663. The second-order valence-electron chi connectivity index (χ2n) is 7.03. The average molecular weight is 400 g/mol. The highest BCUT2D eigenvalue weighted by molar-refractivity contribution is 7.80. The summed E-state index contributed by atoms with van der Waals surface area (Å²) in [6, 6.07) is 8.08. The fourth-order valence-electron chi connectivity index (χ4n) is 3.48. The number of hydrogen-bond acceptors (Lipinski definition) is 5. The van der Waals surface area contributed by atoms with Gasteiger partial charge in [0.25, 0.3) is 0 Å². The molecule has 0 radical (unpaired) electrons. The maximum absolute atomic E-state index is 11.6. The number of imidazole rings is 1. The summed E-state index contributed by atoms with van der Waals surface area (Å²) in [5, 5.41) is 4.03. The number of hydrogen-bond donors (Lipinski definition) is 3. The van der Waals surface area contributed by atoms with Crippen LogP contribution in [0.5, 0.6) is 0 Å². The lowest BCUT2D eigenvalue weighted by atomic mass is 10.2. The van der Waals surface area contributed by atoms with E-state index >= 15 is 0 Å². The van der Waals surface area contributed by atoms with Crippen LogP contribution in [0.25, 0.3) is 21.9 Å². The fourth-order valence-corrected chi connectivity index (χ4v) is 3.69. The van der Waals surface area contributed by atoms with Crippen molar-refractivity contribution in [1.29, 1.82) is 0 Å². The first-order valence-electron chi connectivity index (χ1n) is 10.1. The molecular formula is C21H29N5OS. The number of aryl methyl sites for hydroxylation is 2. The number of nitrogens with zero attached hydrogens (tertiary/aromatic N) is 3. The molecule has 6 nitrogen and oxygen atoms in total. The summed E-state index contributed by atoms with van der Waals surface area (Å²) < 4.78 is 2.31. The Bertz CT molecular complexity index is 953. The molecule has 2 heterocycles. The molecule has 0 spiro atoms. The molecule has 0 atom stereocenters. The first-order chi connectivity index (χ1) is 13.7. The minimum Gasteiger partial charge on any atom is -0.382 e. The van der Waals surface area contributed by atoms with Crippen LogP contribution in [0.15, 0.2) is 24.3 Å². The van der Waals surface area contributed by atoms with Crippen molar-refractivity contribution >= 4 is 46.3 Å². The van der Waals surface area contributed by atoms with Crippen molar-refractivity contribution in [2.45, 2.75) is 52.0 Å². The number of unbranched alkanes of at least 4 members (excludes halogenated alkanes) is 2. The summed E-state index contributed by atoms with van der Waals surface area (Å²) in [7, 11) is 0. The molecule has 0 aliphatic carbocycles. The number of nitrogen functional groups attached to an aromatic ring is 1. The fraction of sp³-hybridized carbons (Fsp3) is 0.476. The number of carbonyl (C=O) groups excluding carboxylic acids is 1. The molecule has 3 N–H and O–H groups in total. The van der Waals surface area contributed by atoms with Crippen LogP contribution in [0.1, 0.15) is 44.9 Å². The standard InChI is InChI=1S/C21H29N5OS/c1-2-3-10-17-25-19-20(15-8-4-5-9-16(15)24-21(19)22)26(17)13-7-6-12-23-18(27)11-14-28/h4-5,8-9,28H,2-3,6-7,10-14H2,1H3,(H2,22,24)(H,23,27). The number of amides is 1. The molecule has 1 aromatic carbocycles. The second kappa shape index (κ2) is 9.78. The third-order valence-corrected chi connectivity index (χ3v) is 5.14. The summed E-state index contributed by atoms with van der Waals surface area (Å²) in [6.07, 6.45) is 5.49. The van der Waals surface area contributed by atoms with Gasteiger partial charge in [0.15, 0.2) is 5.82 Å². The summed E-state index contributed by atoms with van der Waals surface area (Å²) in [6.45, 7) is 3.73. The molecular weight excluding hydrogens is 370 g/mol. The van der Waals surface area contributed by atoms with Crippen LogP contribution >= 0.6 is 12.6 Å². The van der Waals surface area contributed by atoms with Gasteiger partial charge in [0.2, 0.25) is 5.91 Å². The summed E-state index contributed by atoms with van der Waals surface area (Å²) in [4.78, 5) is 21.0. The van der Waals surface area contributed by atoms with Gasteiger partial charge in [-0.1, -0.05) is 31.5 Å². The van der Waals surface area contributed by atoms with E-state index in [1.54, 1.807) is 0 Å². The SMILES string of the molecule is CCCCc1nc2c(N)nc3ccccc3c2n1CCCCNC(=O)CCS. The Morgan fingerprint density at radius 2 is 2.04 bits per heavy atom. The van der Waals surface area contributed by atoms with E-state index < -0.39 is 0 Å². The Morgan fingerprint density at radius 3 is 2.82 bits per heavy atom. The van der Waals surface area contributed by atoms with E-state index in [1.807, 2.05) is 18.2 Å². The number of aromatic nitrogens is 3. The van der Waals surface area contributed by atoms with Gasteiger partial charge in [0.05, 0.1) is 11.0 Å². The molecule has 7 heteroatoms. The third kappa shape index (κ3) is 4.58. The smallest absolute Gasteiger partial charge is 0.220 e. The molecule has 0 unspecified atom stereocenters. The molecule has 0 aliphatic rings.